The molecule has 0 aromatic heterocycles. The van der Waals surface area contributed by atoms with Crippen molar-refractivity contribution < 1.29 is 0 Å². The fraction of sp³-hybridized carbons (Fsp3) is 0.571. The molecule has 1 nitrogen and oxygen atoms in total. The summed E-state index contributed by atoms with van der Waals surface area (Å²) in [5, 5.41) is 3.54. The number of aryl methyl sites for hydroxylation is 1. The van der Waals surface area contributed by atoms with Gasteiger partial charge in [-0.2, -0.15) is 0 Å². The molecule has 0 amide bonds. The molecular formula is C14H22BrN. The predicted molar refractivity (Wildman–Crippen MR) is 75.1 cm³/mol. The van der Waals surface area contributed by atoms with Gasteiger partial charge in [0.25, 0.3) is 0 Å². The first-order chi connectivity index (χ1) is 7.61. The number of hydrogen-bond acceptors (Lipinski definition) is 1. The second kappa shape index (κ2) is 7.08. The van der Waals surface area contributed by atoms with Crippen LogP contribution in [-0.2, 0) is 13.0 Å². The molecule has 2 unspecified atom stereocenters. The molecule has 16 heavy (non-hydrogen) atoms. The van der Waals surface area contributed by atoms with Gasteiger partial charge in [-0.05, 0) is 30.9 Å². The summed E-state index contributed by atoms with van der Waals surface area (Å²) in [4.78, 5) is 0.581. The maximum Gasteiger partial charge on any atom is 0.0207 e. The number of hydrogen-bond donors (Lipinski definition) is 1. The van der Waals surface area contributed by atoms with Gasteiger partial charge in [0.1, 0.15) is 0 Å². The van der Waals surface area contributed by atoms with E-state index >= 15 is 0 Å². The molecule has 1 N–H and O–H groups in total. The molecule has 0 heterocycles. The minimum atomic E-state index is 0.556. The fourth-order valence-corrected chi connectivity index (χ4v) is 2.32. The third-order valence-electron chi connectivity index (χ3n) is 2.76. The van der Waals surface area contributed by atoms with Gasteiger partial charge in [0.15, 0.2) is 0 Å². The normalized spacial score (nSPS) is 14.8. The summed E-state index contributed by atoms with van der Waals surface area (Å²) in [5.74, 6) is 0. The van der Waals surface area contributed by atoms with Crippen LogP contribution in [0.15, 0.2) is 24.3 Å². The van der Waals surface area contributed by atoms with Crippen LogP contribution in [0.3, 0.4) is 0 Å². The van der Waals surface area contributed by atoms with E-state index in [1.165, 1.54) is 11.1 Å². The molecular weight excluding hydrogens is 262 g/mol. The van der Waals surface area contributed by atoms with Crippen molar-refractivity contribution in [3.63, 3.8) is 0 Å². The van der Waals surface area contributed by atoms with Gasteiger partial charge in [-0.25, -0.2) is 0 Å². The summed E-state index contributed by atoms with van der Waals surface area (Å²) in [6.07, 6.45) is 2.28. The van der Waals surface area contributed by atoms with Crippen molar-refractivity contribution in [2.75, 3.05) is 0 Å². The highest BCUT2D eigenvalue weighted by molar-refractivity contribution is 9.09. The van der Waals surface area contributed by atoms with Crippen molar-refractivity contribution >= 4 is 15.9 Å². The number of alkyl halides is 1. The minimum absolute atomic E-state index is 0.556. The number of rotatable bonds is 6. The summed E-state index contributed by atoms with van der Waals surface area (Å²) in [7, 11) is 0. The summed E-state index contributed by atoms with van der Waals surface area (Å²) in [6, 6.07) is 9.43. The van der Waals surface area contributed by atoms with Gasteiger partial charge in [-0.1, -0.05) is 54.0 Å². The van der Waals surface area contributed by atoms with Crippen LogP contribution in [0.25, 0.3) is 0 Å². The Morgan fingerprint density at radius 2 is 1.69 bits per heavy atom. The van der Waals surface area contributed by atoms with Crippen molar-refractivity contribution in [2.24, 2.45) is 0 Å². The minimum Gasteiger partial charge on any atom is -0.310 e. The highest BCUT2D eigenvalue weighted by Crippen LogP contribution is 2.08. The third-order valence-corrected chi connectivity index (χ3v) is 3.14. The first-order valence-electron chi connectivity index (χ1n) is 6.07. The number of halogens is 1. The zero-order chi connectivity index (χ0) is 12.0. The van der Waals surface area contributed by atoms with Gasteiger partial charge < -0.3 is 5.32 Å². The van der Waals surface area contributed by atoms with Gasteiger partial charge in [-0.15, -0.1) is 0 Å². The van der Waals surface area contributed by atoms with Crippen LogP contribution in [-0.4, -0.2) is 10.9 Å². The van der Waals surface area contributed by atoms with Crippen molar-refractivity contribution in [3.05, 3.63) is 35.4 Å². The first kappa shape index (κ1) is 13.7. The molecule has 1 rings (SSSR count). The van der Waals surface area contributed by atoms with E-state index in [0.717, 1.165) is 19.4 Å². The lowest BCUT2D eigenvalue weighted by molar-refractivity contribution is 0.515. The lowest BCUT2D eigenvalue weighted by atomic mass is 10.1. The Balaban J connectivity index is 2.36. The van der Waals surface area contributed by atoms with Crippen molar-refractivity contribution in [1.29, 1.82) is 0 Å². The average Bonchev–Trinajstić information content (AvgIpc) is 2.26. The van der Waals surface area contributed by atoms with Gasteiger partial charge >= 0.3 is 0 Å². The number of benzene rings is 1. The molecule has 2 heteroatoms. The molecule has 90 valence electrons. The fourth-order valence-electron chi connectivity index (χ4n) is 1.76. The van der Waals surface area contributed by atoms with E-state index in [2.05, 4.69) is 66.3 Å². The molecule has 0 radical (unpaired) electrons. The lowest BCUT2D eigenvalue weighted by Gasteiger charge is -2.15. The van der Waals surface area contributed by atoms with Gasteiger partial charge in [0, 0.05) is 17.4 Å². The van der Waals surface area contributed by atoms with Crippen LogP contribution in [0.5, 0.6) is 0 Å². The van der Waals surface area contributed by atoms with Crippen molar-refractivity contribution in [1.82, 2.24) is 5.32 Å². The van der Waals surface area contributed by atoms with E-state index in [-0.39, 0.29) is 0 Å². The van der Waals surface area contributed by atoms with Crippen molar-refractivity contribution in [3.8, 4) is 0 Å². The van der Waals surface area contributed by atoms with Crippen LogP contribution in [0, 0.1) is 0 Å². The van der Waals surface area contributed by atoms with E-state index < -0.39 is 0 Å². The highest BCUT2D eigenvalue weighted by Gasteiger charge is 2.04. The summed E-state index contributed by atoms with van der Waals surface area (Å²) in [5.41, 5.74) is 2.78. The Bertz CT molecular complexity index is 292. The van der Waals surface area contributed by atoms with Gasteiger partial charge in [-0.3, -0.25) is 0 Å². The van der Waals surface area contributed by atoms with Gasteiger partial charge in [0.05, 0.1) is 0 Å². The van der Waals surface area contributed by atoms with E-state index in [1.807, 2.05) is 0 Å². The third kappa shape index (κ3) is 5.13. The second-order valence-corrected chi connectivity index (χ2v) is 6.03. The second-order valence-electron chi connectivity index (χ2n) is 4.47. The van der Waals surface area contributed by atoms with Crippen LogP contribution < -0.4 is 5.32 Å². The van der Waals surface area contributed by atoms with Crippen LogP contribution in [0.4, 0.5) is 0 Å². The van der Waals surface area contributed by atoms with Crippen LogP contribution in [0.2, 0.25) is 0 Å². The molecule has 0 aliphatic rings. The molecule has 0 aliphatic carbocycles. The maximum atomic E-state index is 3.58. The average molecular weight is 284 g/mol. The zero-order valence-corrected chi connectivity index (χ0v) is 12.0. The molecule has 0 saturated heterocycles. The van der Waals surface area contributed by atoms with E-state index in [1.54, 1.807) is 0 Å². The summed E-state index contributed by atoms with van der Waals surface area (Å²) in [6.45, 7) is 7.57. The zero-order valence-electron chi connectivity index (χ0n) is 10.5. The molecule has 1 aromatic rings. The Morgan fingerprint density at radius 1 is 1.12 bits per heavy atom. The van der Waals surface area contributed by atoms with E-state index in [0.29, 0.717) is 10.9 Å². The molecule has 0 saturated carbocycles. The van der Waals surface area contributed by atoms with E-state index in [4.69, 9.17) is 0 Å². The first-order valence-corrected chi connectivity index (χ1v) is 6.98. The Labute approximate surface area is 108 Å². The largest absolute Gasteiger partial charge is 0.310 e. The number of nitrogens with one attached hydrogen (secondary N) is 1. The van der Waals surface area contributed by atoms with Gasteiger partial charge in [0.2, 0.25) is 0 Å². The predicted octanol–water partition coefficient (Wildman–Crippen LogP) is 3.90. The van der Waals surface area contributed by atoms with Crippen LogP contribution in [0.1, 0.15) is 38.3 Å². The van der Waals surface area contributed by atoms with E-state index in [9.17, 15) is 0 Å². The Kier molecular flexibility index (Phi) is 6.07. The summed E-state index contributed by atoms with van der Waals surface area (Å²) >= 11 is 3.58. The van der Waals surface area contributed by atoms with Crippen molar-refractivity contribution in [2.45, 2.75) is 51.0 Å². The SMILES string of the molecule is CCc1ccc(CNC(C)CC(C)Br)cc1. The lowest BCUT2D eigenvalue weighted by Crippen LogP contribution is -2.27. The highest BCUT2D eigenvalue weighted by atomic mass is 79.9. The monoisotopic (exact) mass is 283 g/mol. The molecule has 0 spiro atoms. The topological polar surface area (TPSA) is 12.0 Å². The Morgan fingerprint density at radius 3 is 2.19 bits per heavy atom. The molecule has 1 aromatic carbocycles. The quantitative estimate of drug-likeness (QED) is 0.781. The Hall–Kier alpha value is -0.340. The molecule has 0 aliphatic heterocycles. The van der Waals surface area contributed by atoms with Crippen LogP contribution >= 0.6 is 15.9 Å². The molecule has 0 bridgehead atoms. The standard InChI is InChI=1S/C14H22BrN/c1-4-13-5-7-14(8-6-13)10-16-12(3)9-11(2)15/h5-8,11-12,16H,4,9-10H2,1-3H3. The maximum absolute atomic E-state index is 3.58. The summed E-state index contributed by atoms with van der Waals surface area (Å²) < 4.78 is 0. The molecule has 2 atom stereocenters. The smallest absolute Gasteiger partial charge is 0.0207 e. The molecule has 0 fully saturated rings.